The van der Waals surface area contributed by atoms with E-state index in [-0.39, 0.29) is 16.9 Å². The van der Waals surface area contributed by atoms with E-state index in [2.05, 4.69) is 25.0 Å². The van der Waals surface area contributed by atoms with Gasteiger partial charge < -0.3 is 10.2 Å². The van der Waals surface area contributed by atoms with Crippen LogP contribution in [0, 0.1) is 19.3 Å². The van der Waals surface area contributed by atoms with Gasteiger partial charge in [0, 0.05) is 11.1 Å². The number of nitrogens with two attached hydrogens (primary N) is 1. The molecule has 0 unspecified atom stereocenters. The lowest BCUT2D eigenvalue weighted by atomic mass is 10.1. The molecule has 5 aromatic rings. The van der Waals surface area contributed by atoms with E-state index < -0.39 is 10.0 Å². The summed E-state index contributed by atoms with van der Waals surface area (Å²) in [5, 5.41) is 21.5. The van der Waals surface area contributed by atoms with Gasteiger partial charge in [0.2, 0.25) is 5.96 Å². The van der Waals surface area contributed by atoms with Crippen molar-refractivity contribution in [2.24, 2.45) is 16.0 Å². The minimum Gasteiger partial charge on any atom is -0.428 e. The van der Waals surface area contributed by atoms with Crippen LogP contribution in [0.2, 0.25) is 0 Å². The molecule has 0 radical (unpaired) electrons. The summed E-state index contributed by atoms with van der Waals surface area (Å²) in [5.74, 6) is 0.257. The Kier molecular flexibility index (Phi) is 6.77. The number of aryl methyl sites for hydroxylation is 2. The van der Waals surface area contributed by atoms with Crippen LogP contribution >= 0.6 is 0 Å². The second-order valence-electron chi connectivity index (χ2n) is 8.53. The number of nitrogens with one attached hydrogen (secondary N) is 2. The van der Waals surface area contributed by atoms with Crippen LogP contribution in [0.5, 0.6) is 0 Å². The van der Waals surface area contributed by atoms with Crippen molar-refractivity contribution in [2.75, 3.05) is 4.72 Å². The Morgan fingerprint density at radius 1 is 0.923 bits per heavy atom. The maximum Gasteiger partial charge on any atom is 0.309 e. The van der Waals surface area contributed by atoms with Gasteiger partial charge in [0.05, 0.1) is 16.3 Å². The van der Waals surface area contributed by atoms with Crippen LogP contribution in [0.4, 0.5) is 17.4 Å². The number of nitrogen functional groups attached to an aromatic ring is 1. The normalized spacial score (nSPS) is 11.6. The third-order valence-electron chi connectivity index (χ3n) is 5.85. The first-order valence-corrected chi connectivity index (χ1v) is 13.3. The zero-order chi connectivity index (χ0) is 27.6. The molecule has 39 heavy (non-hydrogen) atoms. The molecule has 12 heteroatoms. The zero-order valence-electron chi connectivity index (χ0n) is 21.0. The third-order valence-corrected chi connectivity index (χ3v) is 7.18. The molecule has 0 amide bonds. The number of rotatable bonds is 7. The maximum atomic E-state index is 12.8. The fourth-order valence-electron chi connectivity index (χ4n) is 3.81. The highest BCUT2D eigenvalue weighted by Crippen LogP contribution is 2.40. The van der Waals surface area contributed by atoms with Crippen molar-refractivity contribution in [3.8, 4) is 22.5 Å². The first-order valence-electron chi connectivity index (χ1n) is 11.8. The van der Waals surface area contributed by atoms with Crippen LogP contribution in [0.3, 0.4) is 0 Å². The molecular formula is C27H24N8O3S. The van der Waals surface area contributed by atoms with E-state index in [4.69, 9.17) is 15.6 Å². The summed E-state index contributed by atoms with van der Waals surface area (Å²) in [6.45, 7) is 3.43. The van der Waals surface area contributed by atoms with Crippen LogP contribution in [0.15, 0.2) is 104 Å². The van der Waals surface area contributed by atoms with E-state index in [1.54, 1.807) is 13.8 Å². The summed E-state index contributed by atoms with van der Waals surface area (Å²) in [6.07, 6.45) is 0. The molecule has 196 valence electrons. The molecule has 0 aliphatic rings. The molecule has 0 fully saturated rings. The van der Waals surface area contributed by atoms with Crippen molar-refractivity contribution in [3.05, 3.63) is 96.4 Å². The van der Waals surface area contributed by atoms with Gasteiger partial charge in [-0.25, -0.2) is 13.1 Å². The molecule has 4 N–H and O–H groups in total. The van der Waals surface area contributed by atoms with Gasteiger partial charge in [0.15, 0.2) is 0 Å². The number of hydrogen-bond acceptors (Lipinski definition) is 8. The van der Waals surface area contributed by atoms with E-state index in [1.165, 1.54) is 28.9 Å². The molecule has 11 nitrogen and oxygen atoms in total. The van der Waals surface area contributed by atoms with Crippen molar-refractivity contribution in [1.29, 1.82) is 5.41 Å². The smallest absolute Gasteiger partial charge is 0.309 e. The van der Waals surface area contributed by atoms with E-state index in [0.717, 1.165) is 11.1 Å². The highest BCUT2D eigenvalue weighted by atomic mass is 32.2. The summed E-state index contributed by atoms with van der Waals surface area (Å²) in [5.41, 5.74) is 9.82. The lowest BCUT2D eigenvalue weighted by Gasteiger charge is -2.06. The number of nitrogens with zero attached hydrogens (tertiary/aromatic N) is 5. The summed E-state index contributed by atoms with van der Waals surface area (Å²) in [4.78, 5) is 4.07. The topological polar surface area (TPSA) is 165 Å². The summed E-state index contributed by atoms with van der Waals surface area (Å²) < 4.78 is 34.5. The van der Waals surface area contributed by atoms with E-state index in [0.29, 0.717) is 34.2 Å². The Morgan fingerprint density at radius 2 is 1.54 bits per heavy atom. The van der Waals surface area contributed by atoms with Crippen LogP contribution in [0.25, 0.3) is 22.5 Å². The third kappa shape index (κ3) is 5.31. The van der Waals surface area contributed by atoms with Crippen LogP contribution in [-0.4, -0.2) is 29.1 Å². The summed E-state index contributed by atoms with van der Waals surface area (Å²) in [7, 11) is -3.92. The van der Waals surface area contributed by atoms with Gasteiger partial charge in [-0.2, -0.15) is 19.9 Å². The molecule has 5 rings (SSSR count). The monoisotopic (exact) mass is 540 g/mol. The van der Waals surface area contributed by atoms with E-state index in [9.17, 15) is 8.42 Å². The van der Waals surface area contributed by atoms with E-state index >= 15 is 0 Å². The van der Waals surface area contributed by atoms with Crippen LogP contribution < -0.4 is 10.5 Å². The number of aromatic nitrogens is 3. The number of oxazole rings is 1. The quantitative estimate of drug-likeness (QED) is 0.134. The zero-order valence-corrected chi connectivity index (χ0v) is 21.8. The lowest BCUT2D eigenvalue weighted by molar-refractivity contribution is 0.541. The average Bonchev–Trinajstić information content (AvgIpc) is 3.47. The van der Waals surface area contributed by atoms with Gasteiger partial charge in [-0.05, 0) is 38.1 Å². The second kappa shape index (κ2) is 10.3. The average molecular weight is 541 g/mol. The van der Waals surface area contributed by atoms with Crippen molar-refractivity contribution in [3.63, 3.8) is 0 Å². The molecule has 0 aliphatic heterocycles. The number of sulfonamides is 1. The molecule has 3 aromatic carbocycles. The SMILES string of the molecule is Cc1nc(NS(=O)(=O)c2ccc(N=Nc3c(-c4ccccc4)nn(C(=N)N)c3-c3ccccc3)cc2)oc1C. The molecule has 0 bridgehead atoms. The Bertz CT molecular complexity index is 1760. The lowest BCUT2D eigenvalue weighted by Crippen LogP contribution is -2.22. The van der Waals surface area contributed by atoms with Gasteiger partial charge in [-0.15, -0.1) is 5.11 Å². The molecule has 2 aromatic heterocycles. The van der Waals surface area contributed by atoms with Crippen molar-refractivity contribution in [2.45, 2.75) is 18.7 Å². The Morgan fingerprint density at radius 3 is 2.10 bits per heavy atom. The Balaban J connectivity index is 1.52. The van der Waals surface area contributed by atoms with Crippen LogP contribution in [0.1, 0.15) is 11.5 Å². The van der Waals surface area contributed by atoms with Crippen molar-refractivity contribution in [1.82, 2.24) is 14.8 Å². The largest absolute Gasteiger partial charge is 0.428 e. The van der Waals surface area contributed by atoms with Gasteiger partial charge in [0.25, 0.3) is 10.0 Å². The van der Waals surface area contributed by atoms with Crippen molar-refractivity contribution >= 4 is 33.4 Å². The maximum absolute atomic E-state index is 12.8. The Hall–Kier alpha value is -5.10. The fourth-order valence-corrected chi connectivity index (χ4v) is 4.74. The highest BCUT2D eigenvalue weighted by molar-refractivity contribution is 7.92. The number of hydrogen-bond donors (Lipinski definition) is 3. The van der Waals surface area contributed by atoms with Gasteiger partial charge in [-0.1, -0.05) is 60.7 Å². The highest BCUT2D eigenvalue weighted by Gasteiger charge is 2.22. The molecule has 0 atom stereocenters. The number of anilines is 1. The minimum absolute atomic E-state index is 0.00862. The minimum atomic E-state index is -3.92. The molecule has 0 saturated heterocycles. The number of benzene rings is 3. The molecule has 2 heterocycles. The van der Waals surface area contributed by atoms with Gasteiger partial charge in [0.1, 0.15) is 22.8 Å². The fraction of sp³-hybridized carbons (Fsp3) is 0.0741. The van der Waals surface area contributed by atoms with Gasteiger partial charge >= 0.3 is 6.01 Å². The predicted molar refractivity (Wildman–Crippen MR) is 148 cm³/mol. The first-order chi connectivity index (χ1) is 18.7. The molecular weight excluding hydrogens is 516 g/mol. The molecule has 0 saturated carbocycles. The number of azo groups is 1. The standard InChI is InChI=1S/C27H24N8O3S/c1-17-18(2)38-27(30-17)34-39(36,37)22-15-13-21(14-16-22)31-32-24-23(19-9-5-3-6-10-19)33-35(26(28)29)25(24)20-11-7-4-8-12-20/h3-16H,1-2H3,(H3,28,29)(H,30,34). The van der Waals surface area contributed by atoms with E-state index in [1.807, 2.05) is 60.7 Å². The van der Waals surface area contributed by atoms with Crippen molar-refractivity contribution < 1.29 is 12.8 Å². The second-order valence-corrected chi connectivity index (χ2v) is 10.2. The van der Waals surface area contributed by atoms with Gasteiger partial charge in [-0.3, -0.25) is 5.41 Å². The molecule has 0 aliphatic carbocycles. The Labute approximate surface area is 224 Å². The van der Waals surface area contributed by atoms with Crippen LogP contribution in [-0.2, 0) is 10.0 Å². The molecule has 0 spiro atoms. The first kappa shape index (κ1) is 25.5. The predicted octanol–water partition coefficient (Wildman–Crippen LogP) is 5.78. The summed E-state index contributed by atoms with van der Waals surface area (Å²) >= 11 is 0. The summed E-state index contributed by atoms with van der Waals surface area (Å²) in [6, 6.07) is 24.5.